The molecule has 0 bridgehead atoms. The second-order valence-electron chi connectivity index (χ2n) is 8.12. The third-order valence-electron chi connectivity index (χ3n) is 5.11. The molecule has 2 aromatic carbocycles. The first-order valence-corrected chi connectivity index (χ1v) is 10.8. The lowest BCUT2D eigenvalue weighted by molar-refractivity contribution is 0.346. The van der Waals surface area contributed by atoms with Crippen molar-refractivity contribution in [3.63, 3.8) is 0 Å². The lowest BCUT2D eigenvalue weighted by atomic mass is 9.92. The molecule has 2 aromatic rings. The average molecular weight is 461 g/mol. The van der Waals surface area contributed by atoms with Gasteiger partial charge in [0.2, 0.25) is 0 Å². The van der Waals surface area contributed by atoms with Crippen LogP contribution in [-0.4, -0.2) is 15.3 Å². The SMILES string of the molecule is CC(C)=CCc1c(O)c(CC=C(C)C)c2c(c1O)CC(O)=C(c1ccc(Cl)c(Cl)c1)O2. The highest BCUT2D eigenvalue weighted by Gasteiger charge is 2.30. The Kier molecular flexibility index (Phi) is 6.93. The lowest BCUT2D eigenvalue weighted by Gasteiger charge is -2.26. The molecular weight excluding hydrogens is 435 g/mol. The van der Waals surface area contributed by atoms with Gasteiger partial charge >= 0.3 is 0 Å². The number of aromatic hydroxyl groups is 2. The van der Waals surface area contributed by atoms with E-state index in [1.54, 1.807) is 18.2 Å². The molecule has 0 spiro atoms. The van der Waals surface area contributed by atoms with Crippen LogP contribution in [0.25, 0.3) is 5.76 Å². The van der Waals surface area contributed by atoms with Gasteiger partial charge in [0.15, 0.2) is 5.76 Å². The van der Waals surface area contributed by atoms with Crippen LogP contribution in [0, 0.1) is 0 Å². The Hall–Kier alpha value is -2.56. The van der Waals surface area contributed by atoms with Crippen molar-refractivity contribution in [3.8, 4) is 17.2 Å². The molecule has 164 valence electrons. The molecule has 0 atom stereocenters. The molecule has 3 rings (SSSR count). The van der Waals surface area contributed by atoms with Crippen LogP contribution in [0.3, 0.4) is 0 Å². The van der Waals surface area contributed by atoms with Crippen LogP contribution in [0.4, 0.5) is 0 Å². The summed E-state index contributed by atoms with van der Waals surface area (Å²) < 4.78 is 6.09. The molecule has 0 aromatic heterocycles. The van der Waals surface area contributed by atoms with Crippen LogP contribution in [0.2, 0.25) is 10.0 Å². The number of ether oxygens (including phenoxy) is 1. The van der Waals surface area contributed by atoms with Crippen molar-refractivity contribution in [2.45, 2.75) is 47.0 Å². The fraction of sp³-hybridized carbons (Fsp3) is 0.280. The molecule has 3 N–H and O–H groups in total. The normalized spacial score (nSPS) is 12.8. The number of phenols is 2. The Morgan fingerprint density at radius 3 is 2.10 bits per heavy atom. The molecular formula is C25H26Cl2O4. The van der Waals surface area contributed by atoms with E-state index >= 15 is 0 Å². The Morgan fingerprint density at radius 1 is 0.903 bits per heavy atom. The molecule has 6 heteroatoms. The summed E-state index contributed by atoms with van der Waals surface area (Å²) in [6, 6.07) is 4.93. The van der Waals surface area contributed by atoms with Crippen LogP contribution in [-0.2, 0) is 19.3 Å². The van der Waals surface area contributed by atoms with Crippen LogP contribution in [0.5, 0.6) is 17.2 Å². The molecule has 0 radical (unpaired) electrons. The number of rotatable bonds is 5. The highest BCUT2D eigenvalue weighted by atomic mass is 35.5. The number of aliphatic hydroxyl groups excluding tert-OH is 1. The van der Waals surface area contributed by atoms with Crippen molar-refractivity contribution < 1.29 is 20.1 Å². The second kappa shape index (κ2) is 9.29. The first-order chi connectivity index (χ1) is 14.6. The molecule has 0 fully saturated rings. The summed E-state index contributed by atoms with van der Waals surface area (Å²) >= 11 is 12.2. The highest BCUT2D eigenvalue weighted by molar-refractivity contribution is 6.42. The summed E-state index contributed by atoms with van der Waals surface area (Å²) in [5.74, 6) is 0.479. The Morgan fingerprint density at radius 2 is 1.52 bits per heavy atom. The number of allylic oxidation sites excluding steroid dienone is 5. The Labute approximate surface area is 192 Å². The van der Waals surface area contributed by atoms with Crippen molar-refractivity contribution in [3.05, 3.63) is 79.6 Å². The predicted molar refractivity (Wildman–Crippen MR) is 126 cm³/mol. The van der Waals surface area contributed by atoms with E-state index in [9.17, 15) is 15.3 Å². The molecule has 0 aliphatic carbocycles. The zero-order chi connectivity index (χ0) is 22.9. The van der Waals surface area contributed by atoms with Gasteiger partial charge in [-0.3, -0.25) is 0 Å². The molecule has 0 amide bonds. The van der Waals surface area contributed by atoms with E-state index in [2.05, 4.69) is 0 Å². The van der Waals surface area contributed by atoms with E-state index in [0.717, 1.165) is 11.1 Å². The standard InChI is InChI=1S/C25H26Cl2O4/c1-13(2)5-8-16-22(29)17(9-6-14(3)4)25-18(23(16)30)12-21(28)24(31-25)15-7-10-19(26)20(27)11-15/h5-7,10-11,28-30H,8-9,12H2,1-4H3. The number of fused-ring (bicyclic) bond motifs is 1. The smallest absolute Gasteiger partial charge is 0.172 e. The third kappa shape index (κ3) is 4.86. The number of hydrogen-bond donors (Lipinski definition) is 3. The highest BCUT2D eigenvalue weighted by Crippen LogP contribution is 2.48. The zero-order valence-electron chi connectivity index (χ0n) is 18.0. The maximum absolute atomic E-state index is 11.0. The second-order valence-corrected chi connectivity index (χ2v) is 8.93. The van der Waals surface area contributed by atoms with Crippen LogP contribution < -0.4 is 4.74 Å². The van der Waals surface area contributed by atoms with Gasteiger partial charge in [0.25, 0.3) is 0 Å². The lowest BCUT2D eigenvalue weighted by Crippen LogP contribution is -2.13. The van der Waals surface area contributed by atoms with Crippen molar-refractivity contribution in [2.24, 2.45) is 0 Å². The monoisotopic (exact) mass is 460 g/mol. The van der Waals surface area contributed by atoms with Gasteiger partial charge in [-0.25, -0.2) is 0 Å². The van der Waals surface area contributed by atoms with Gasteiger partial charge in [-0.2, -0.15) is 0 Å². The van der Waals surface area contributed by atoms with Gasteiger partial charge in [-0.15, -0.1) is 0 Å². The van der Waals surface area contributed by atoms with E-state index in [1.165, 1.54) is 0 Å². The maximum Gasteiger partial charge on any atom is 0.172 e. The minimum absolute atomic E-state index is 0.00104. The summed E-state index contributed by atoms with van der Waals surface area (Å²) in [4.78, 5) is 0. The first-order valence-electron chi connectivity index (χ1n) is 10.0. The molecule has 0 saturated heterocycles. The number of halogens is 2. The van der Waals surface area contributed by atoms with Crippen LogP contribution in [0.1, 0.15) is 49.9 Å². The topological polar surface area (TPSA) is 69.9 Å². The molecule has 4 nitrogen and oxygen atoms in total. The van der Waals surface area contributed by atoms with Gasteiger partial charge < -0.3 is 20.1 Å². The summed E-state index contributed by atoms with van der Waals surface area (Å²) in [5, 5.41) is 33.4. The van der Waals surface area contributed by atoms with Gasteiger partial charge in [-0.05, 0) is 58.7 Å². The molecule has 31 heavy (non-hydrogen) atoms. The van der Waals surface area contributed by atoms with Crippen molar-refractivity contribution in [1.82, 2.24) is 0 Å². The summed E-state index contributed by atoms with van der Waals surface area (Å²) in [6.45, 7) is 7.86. The number of aliphatic hydroxyl groups is 1. The maximum atomic E-state index is 11.0. The summed E-state index contributed by atoms with van der Waals surface area (Å²) in [6.07, 6.45) is 4.79. The van der Waals surface area contributed by atoms with Crippen LogP contribution in [0.15, 0.2) is 47.3 Å². The van der Waals surface area contributed by atoms with E-state index in [4.69, 9.17) is 27.9 Å². The molecule has 1 aliphatic rings. The van der Waals surface area contributed by atoms with Crippen molar-refractivity contribution >= 4 is 29.0 Å². The van der Waals surface area contributed by atoms with E-state index in [0.29, 0.717) is 50.9 Å². The van der Waals surface area contributed by atoms with Crippen molar-refractivity contribution in [1.29, 1.82) is 0 Å². The Balaban J connectivity index is 2.17. The number of hydrogen-bond acceptors (Lipinski definition) is 4. The van der Waals surface area contributed by atoms with Gasteiger partial charge in [0, 0.05) is 28.7 Å². The minimum Gasteiger partial charge on any atom is -0.508 e. The quantitative estimate of drug-likeness (QED) is 0.409. The summed E-state index contributed by atoms with van der Waals surface area (Å²) in [7, 11) is 0. The van der Waals surface area contributed by atoms with E-state index < -0.39 is 0 Å². The third-order valence-corrected chi connectivity index (χ3v) is 5.85. The fourth-order valence-corrected chi connectivity index (χ4v) is 3.73. The molecule has 1 aliphatic heterocycles. The minimum atomic E-state index is -0.0642. The van der Waals surface area contributed by atoms with E-state index in [1.807, 2.05) is 39.8 Å². The largest absolute Gasteiger partial charge is 0.508 e. The van der Waals surface area contributed by atoms with Crippen LogP contribution >= 0.6 is 23.2 Å². The average Bonchev–Trinajstić information content (AvgIpc) is 2.69. The zero-order valence-corrected chi connectivity index (χ0v) is 19.5. The first kappa shape index (κ1) is 23.1. The fourth-order valence-electron chi connectivity index (χ4n) is 3.43. The summed E-state index contributed by atoms with van der Waals surface area (Å²) in [5.41, 5.74) is 4.16. The number of phenolic OH excluding ortho intramolecular Hbond substituents is 2. The molecule has 0 unspecified atom stereocenters. The van der Waals surface area contributed by atoms with E-state index in [-0.39, 0.29) is 29.4 Å². The Bertz CT molecular complexity index is 1120. The van der Waals surface area contributed by atoms with Gasteiger partial charge in [0.1, 0.15) is 23.0 Å². The van der Waals surface area contributed by atoms with Gasteiger partial charge in [0.05, 0.1) is 10.0 Å². The van der Waals surface area contributed by atoms with Crippen molar-refractivity contribution in [2.75, 3.05) is 0 Å². The number of benzene rings is 2. The predicted octanol–water partition coefficient (Wildman–Crippen LogP) is 7.28. The molecule has 0 saturated carbocycles. The molecule has 1 heterocycles. The van der Waals surface area contributed by atoms with Gasteiger partial charge in [-0.1, -0.05) is 46.5 Å².